The first-order valence-electron chi connectivity index (χ1n) is 15.7. The number of rotatable bonds is 29. The molecular formula is C30H58NO9P. The smallest absolute Gasteiger partial charge is 0.306 e. The first-order chi connectivity index (χ1) is 19.5. The molecule has 0 heterocycles. The molecule has 11 heteroatoms. The SMILES string of the molecule is CCCCCCCCCCCCCCCC(=O)OCCC(COP(=O)([O-])OCC[N+](C)(C)C)OC(=O)CCCC=O. The third kappa shape index (κ3) is 28.6. The summed E-state index contributed by atoms with van der Waals surface area (Å²) in [5, 5.41) is 0. The average molecular weight is 608 g/mol. The number of esters is 2. The molecule has 0 saturated carbocycles. The van der Waals surface area contributed by atoms with Crippen LogP contribution in [0, 0.1) is 0 Å². The Kier molecular flexibility index (Phi) is 24.4. The molecule has 0 aliphatic carbocycles. The highest BCUT2D eigenvalue weighted by atomic mass is 31.2. The van der Waals surface area contributed by atoms with Gasteiger partial charge in [-0.15, -0.1) is 0 Å². The van der Waals surface area contributed by atoms with Crippen molar-refractivity contribution >= 4 is 26.0 Å². The molecule has 0 fully saturated rings. The van der Waals surface area contributed by atoms with Crippen LogP contribution in [-0.2, 0) is 37.5 Å². The van der Waals surface area contributed by atoms with E-state index in [1.165, 1.54) is 64.2 Å². The molecule has 0 amide bonds. The Hall–Kier alpha value is -1.32. The Morgan fingerprint density at radius 2 is 1.32 bits per heavy atom. The summed E-state index contributed by atoms with van der Waals surface area (Å²) < 4.78 is 33.1. The summed E-state index contributed by atoms with van der Waals surface area (Å²) in [6.45, 7) is 2.18. The largest absolute Gasteiger partial charge is 0.756 e. The Morgan fingerprint density at radius 1 is 0.780 bits per heavy atom. The number of unbranched alkanes of at least 4 members (excludes halogenated alkanes) is 13. The lowest BCUT2D eigenvalue weighted by molar-refractivity contribution is -0.870. The molecule has 0 saturated heterocycles. The Bertz CT molecular complexity index is 727. The number of carbonyl (C=O) groups is 3. The van der Waals surface area contributed by atoms with Gasteiger partial charge in [-0.3, -0.25) is 14.2 Å². The van der Waals surface area contributed by atoms with Crippen LogP contribution in [0.25, 0.3) is 0 Å². The standard InChI is InChI=1S/C30H58NO9P/c1-5-6-7-8-9-10-11-12-13-14-15-16-17-20-29(33)37-25-22-28(40-30(34)21-18-19-24-32)27-39-41(35,36)38-26-23-31(2,3)4/h24,28H,5-23,25-27H2,1-4H3. The maximum Gasteiger partial charge on any atom is 0.306 e. The quantitative estimate of drug-likeness (QED) is 0.0336. The Morgan fingerprint density at radius 3 is 1.85 bits per heavy atom. The van der Waals surface area contributed by atoms with Crippen LogP contribution in [0.15, 0.2) is 0 Å². The van der Waals surface area contributed by atoms with Gasteiger partial charge >= 0.3 is 11.9 Å². The van der Waals surface area contributed by atoms with Crippen molar-refractivity contribution in [2.24, 2.45) is 0 Å². The number of phosphoric acid groups is 1. The number of phosphoric ester groups is 1. The van der Waals surface area contributed by atoms with Crippen LogP contribution in [0.5, 0.6) is 0 Å². The van der Waals surface area contributed by atoms with Crippen LogP contribution in [0.1, 0.15) is 122 Å². The molecule has 0 aromatic heterocycles. The van der Waals surface area contributed by atoms with Gasteiger partial charge in [-0.25, -0.2) is 0 Å². The van der Waals surface area contributed by atoms with Crippen molar-refractivity contribution in [2.75, 3.05) is 47.5 Å². The predicted molar refractivity (Wildman–Crippen MR) is 158 cm³/mol. The third-order valence-electron chi connectivity index (χ3n) is 6.62. The molecule has 0 rings (SSSR count). The Labute approximate surface area is 249 Å². The molecule has 0 aliphatic heterocycles. The van der Waals surface area contributed by atoms with E-state index in [0.717, 1.165) is 19.3 Å². The zero-order valence-electron chi connectivity index (χ0n) is 26.3. The molecule has 2 atom stereocenters. The maximum atomic E-state index is 12.1. The van der Waals surface area contributed by atoms with Crippen LogP contribution in [0.2, 0.25) is 0 Å². The minimum atomic E-state index is -4.60. The van der Waals surface area contributed by atoms with E-state index in [2.05, 4.69) is 6.92 Å². The van der Waals surface area contributed by atoms with Gasteiger partial charge in [0.1, 0.15) is 25.5 Å². The lowest BCUT2D eigenvalue weighted by Crippen LogP contribution is -2.37. The summed E-state index contributed by atoms with van der Waals surface area (Å²) in [5.41, 5.74) is 0. The Balaban J connectivity index is 4.22. The summed E-state index contributed by atoms with van der Waals surface area (Å²) in [4.78, 5) is 46.8. The van der Waals surface area contributed by atoms with Gasteiger partial charge < -0.3 is 32.7 Å². The molecular weight excluding hydrogens is 549 g/mol. The fourth-order valence-electron chi connectivity index (χ4n) is 4.05. The molecule has 0 spiro atoms. The van der Waals surface area contributed by atoms with Gasteiger partial charge in [-0.2, -0.15) is 0 Å². The molecule has 0 radical (unpaired) electrons. The summed E-state index contributed by atoms with van der Waals surface area (Å²) >= 11 is 0. The molecule has 0 aromatic rings. The van der Waals surface area contributed by atoms with Gasteiger partial charge in [-0.05, 0) is 12.8 Å². The number of ether oxygens (including phenoxy) is 2. The predicted octanol–water partition coefficient (Wildman–Crippen LogP) is 5.89. The van der Waals surface area contributed by atoms with E-state index in [-0.39, 0.29) is 38.4 Å². The minimum Gasteiger partial charge on any atom is -0.756 e. The van der Waals surface area contributed by atoms with Crippen molar-refractivity contribution in [1.29, 1.82) is 0 Å². The van der Waals surface area contributed by atoms with E-state index in [0.29, 0.717) is 30.2 Å². The molecule has 242 valence electrons. The summed E-state index contributed by atoms with van der Waals surface area (Å²) in [6, 6.07) is 0. The van der Waals surface area contributed by atoms with Crippen LogP contribution >= 0.6 is 7.82 Å². The first kappa shape index (κ1) is 39.7. The number of hydrogen-bond acceptors (Lipinski definition) is 9. The number of nitrogens with zero attached hydrogens (tertiary/aromatic N) is 1. The third-order valence-corrected chi connectivity index (χ3v) is 7.58. The number of aldehydes is 1. The van der Waals surface area contributed by atoms with Gasteiger partial charge in [0.05, 0.1) is 34.4 Å². The van der Waals surface area contributed by atoms with Gasteiger partial charge in [-0.1, -0.05) is 84.0 Å². The highest BCUT2D eigenvalue weighted by Crippen LogP contribution is 2.38. The van der Waals surface area contributed by atoms with E-state index in [4.69, 9.17) is 18.5 Å². The van der Waals surface area contributed by atoms with E-state index >= 15 is 0 Å². The molecule has 0 aliphatic rings. The van der Waals surface area contributed by atoms with Gasteiger partial charge in [0.15, 0.2) is 0 Å². The lowest BCUT2D eigenvalue weighted by atomic mass is 10.0. The van der Waals surface area contributed by atoms with Crippen molar-refractivity contribution < 1.29 is 46.8 Å². The highest BCUT2D eigenvalue weighted by molar-refractivity contribution is 7.45. The summed E-state index contributed by atoms with van der Waals surface area (Å²) in [6.07, 6.45) is 16.7. The fraction of sp³-hybridized carbons (Fsp3) is 0.900. The molecule has 0 N–H and O–H groups in total. The fourth-order valence-corrected chi connectivity index (χ4v) is 4.78. The number of likely N-dealkylation sites (N-methyl/N-ethyl adjacent to an activating group) is 1. The van der Waals surface area contributed by atoms with Gasteiger partial charge in [0.2, 0.25) is 0 Å². The second kappa shape index (κ2) is 25.2. The lowest BCUT2D eigenvalue weighted by Gasteiger charge is -2.28. The second-order valence-corrected chi connectivity index (χ2v) is 13.2. The zero-order valence-corrected chi connectivity index (χ0v) is 27.2. The van der Waals surface area contributed by atoms with E-state index in [1.807, 2.05) is 21.1 Å². The summed E-state index contributed by atoms with van der Waals surface area (Å²) in [5.74, 6) is -0.909. The van der Waals surface area contributed by atoms with Crippen LogP contribution in [-0.4, -0.2) is 76.3 Å². The molecule has 0 bridgehead atoms. The molecule has 2 unspecified atom stereocenters. The van der Waals surface area contributed by atoms with Crippen molar-refractivity contribution in [3.63, 3.8) is 0 Å². The highest BCUT2D eigenvalue weighted by Gasteiger charge is 2.20. The van der Waals surface area contributed by atoms with E-state index < -0.39 is 26.5 Å². The van der Waals surface area contributed by atoms with Crippen LogP contribution < -0.4 is 4.89 Å². The monoisotopic (exact) mass is 607 g/mol. The van der Waals surface area contributed by atoms with Crippen molar-refractivity contribution in [1.82, 2.24) is 0 Å². The molecule has 10 nitrogen and oxygen atoms in total. The number of quaternary nitrogens is 1. The summed E-state index contributed by atoms with van der Waals surface area (Å²) in [7, 11) is 1.11. The van der Waals surface area contributed by atoms with Gasteiger partial charge in [0.25, 0.3) is 7.82 Å². The minimum absolute atomic E-state index is 0.0170. The first-order valence-corrected chi connectivity index (χ1v) is 17.1. The maximum absolute atomic E-state index is 12.1. The molecule has 0 aromatic carbocycles. The molecule has 41 heavy (non-hydrogen) atoms. The zero-order chi connectivity index (χ0) is 30.8. The van der Waals surface area contributed by atoms with Crippen LogP contribution in [0.4, 0.5) is 0 Å². The second-order valence-electron chi connectivity index (χ2n) is 11.8. The van der Waals surface area contributed by atoms with Crippen LogP contribution in [0.3, 0.4) is 0 Å². The van der Waals surface area contributed by atoms with Crippen molar-refractivity contribution in [2.45, 2.75) is 129 Å². The van der Waals surface area contributed by atoms with Gasteiger partial charge in [0, 0.05) is 25.7 Å². The van der Waals surface area contributed by atoms with Crippen molar-refractivity contribution in [3.05, 3.63) is 0 Å². The van der Waals surface area contributed by atoms with E-state index in [9.17, 15) is 23.8 Å². The number of carbonyl (C=O) groups excluding carboxylic acids is 3. The normalized spacial score (nSPS) is 13.9. The van der Waals surface area contributed by atoms with Crippen molar-refractivity contribution in [3.8, 4) is 0 Å². The average Bonchev–Trinajstić information content (AvgIpc) is 2.89. The topological polar surface area (TPSA) is 128 Å². The number of hydrogen-bond donors (Lipinski definition) is 0. The van der Waals surface area contributed by atoms with E-state index in [1.54, 1.807) is 0 Å².